The summed E-state index contributed by atoms with van der Waals surface area (Å²) >= 11 is 0. The van der Waals surface area contributed by atoms with Gasteiger partial charge in [0.2, 0.25) is 0 Å². The van der Waals surface area contributed by atoms with Gasteiger partial charge in [-0.2, -0.15) is 0 Å². The third-order valence-electron chi connectivity index (χ3n) is 4.00. The van der Waals surface area contributed by atoms with Crippen LogP contribution in [0.2, 0.25) is 0 Å². The van der Waals surface area contributed by atoms with E-state index >= 15 is 0 Å². The van der Waals surface area contributed by atoms with Gasteiger partial charge in [0.05, 0.1) is 12.7 Å². The molecule has 0 saturated carbocycles. The summed E-state index contributed by atoms with van der Waals surface area (Å²) < 4.78 is 5.49. The van der Waals surface area contributed by atoms with E-state index in [0.29, 0.717) is 0 Å². The molecule has 1 heteroatoms. The minimum absolute atomic E-state index is 0.736. The Morgan fingerprint density at radius 1 is 0.577 bits per heavy atom. The van der Waals surface area contributed by atoms with Crippen LogP contribution in [0.5, 0.6) is 5.75 Å². The van der Waals surface area contributed by atoms with Crippen molar-refractivity contribution in [2.24, 2.45) is 0 Å². The molecule has 3 rings (SSSR count). The summed E-state index contributed by atoms with van der Waals surface area (Å²) in [6.07, 6.45) is 0. The highest BCUT2D eigenvalue weighted by molar-refractivity contribution is 5.54. The fourth-order valence-corrected chi connectivity index (χ4v) is 2.43. The molecule has 0 saturated heterocycles. The van der Waals surface area contributed by atoms with Crippen molar-refractivity contribution in [1.29, 1.82) is 0 Å². The maximum Gasteiger partial charge on any atom is 0.135 e. The molecule has 0 fully saturated rings. The van der Waals surface area contributed by atoms with E-state index in [1.54, 1.807) is 7.11 Å². The molecule has 3 aromatic rings. The first-order valence-corrected chi connectivity index (χ1v) is 8.49. The lowest BCUT2D eigenvalue weighted by Gasteiger charge is -2.03. The van der Waals surface area contributed by atoms with Crippen molar-refractivity contribution < 1.29 is 4.74 Å². The van der Waals surface area contributed by atoms with Crippen LogP contribution in [0.3, 0.4) is 0 Å². The number of ether oxygens (including phenoxy) is 1. The lowest BCUT2D eigenvalue weighted by atomic mass is 10.1. The van der Waals surface area contributed by atoms with E-state index in [9.17, 15) is 0 Å². The van der Waals surface area contributed by atoms with Crippen molar-refractivity contribution in [2.45, 2.75) is 13.8 Å². The Bertz CT molecular complexity index is 1020. The number of rotatable bonds is 1. The zero-order valence-electron chi connectivity index (χ0n) is 15.3. The first-order valence-electron chi connectivity index (χ1n) is 8.49. The van der Waals surface area contributed by atoms with Crippen LogP contribution in [0, 0.1) is 37.5 Å². The minimum Gasteiger partial charge on any atom is -0.495 e. The molecule has 26 heavy (non-hydrogen) atoms. The maximum absolute atomic E-state index is 5.49. The van der Waals surface area contributed by atoms with Gasteiger partial charge >= 0.3 is 0 Å². The van der Waals surface area contributed by atoms with Crippen molar-refractivity contribution in [1.82, 2.24) is 0 Å². The van der Waals surface area contributed by atoms with Crippen LogP contribution >= 0.6 is 0 Å². The monoisotopic (exact) mass is 336 g/mol. The Morgan fingerprint density at radius 2 is 1.04 bits per heavy atom. The normalized spacial score (nSPS) is 9.50. The maximum atomic E-state index is 5.49. The van der Waals surface area contributed by atoms with Gasteiger partial charge in [0.25, 0.3) is 0 Å². The molecule has 3 aromatic carbocycles. The van der Waals surface area contributed by atoms with E-state index in [2.05, 4.69) is 61.8 Å². The van der Waals surface area contributed by atoms with Gasteiger partial charge in [0.1, 0.15) is 5.75 Å². The van der Waals surface area contributed by atoms with E-state index in [1.807, 2.05) is 42.5 Å². The fraction of sp³-hybridized carbons (Fsp3) is 0.120. The average Bonchev–Trinajstić information content (AvgIpc) is 2.67. The van der Waals surface area contributed by atoms with Crippen molar-refractivity contribution in [3.63, 3.8) is 0 Å². The molecule has 1 nitrogen and oxygen atoms in total. The molecule has 0 heterocycles. The average molecular weight is 336 g/mol. The van der Waals surface area contributed by atoms with Gasteiger partial charge in [0.15, 0.2) is 0 Å². The zero-order chi connectivity index (χ0) is 18.4. The van der Waals surface area contributed by atoms with Crippen LogP contribution in [0.1, 0.15) is 33.4 Å². The van der Waals surface area contributed by atoms with Crippen LogP contribution in [0.15, 0.2) is 66.7 Å². The van der Waals surface area contributed by atoms with Gasteiger partial charge in [-0.1, -0.05) is 59.1 Å². The molecule has 0 aliphatic rings. The third kappa shape index (κ3) is 4.56. The second-order valence-electron chi connectivity index (χ2n) is 6.15. The highest BCUT2D eigenvalue weighted by Gasteiger charge is 2.01. The van der Waals surface area contributed by atoms with Crippen LogP contribution in [-0.4, -0.2) is 7.11 Å². The first-order chi connectivity index (χ1) is 12.6. The molecule has 0 unspecified atom stereocenters. The highest BCUT2D eigenvalue weighted by Crippen LogP contribution is 2.19. The number of aryl methyl sites for hydroxylation is 2. The second kappa shape index (κ2) is 8.11. The number of benzene rings is 3. The molecule has 126 valence electrons. The third-order valence-corrected chi connectivity index (χ3v) is 4.00. The summed E-state index contributed by atoms with van der Waals surface area (Å²) in [6.45, 7) is 4.13. The SMILES string of the molecule is COc1cc(C#Cc2ccc(C)cc2)ccc1C#Cc1ccc(C)cc1. The standard InChI is InChI=1S/C25H20O/c1-19-4-8-21(9-5-19)12-13-23-15-17-24(25(18-23)26-3)16-14-22-10-6-20(2)7-11-22/h4-11,15,17-18H,1-3H3. The summed E-state index contributed by atoms with van der Waals surface area (Å²) in [6, 6.07) is 22.2. The quantitative estimate of drug-likeness (QED) is 0.561. The van der Waals surface area contributed by atoms with Crippen LogP contribution in [0.4, 0.5) is 0 Å². The molecular formula is C25H20O. The lowest BCUT2D eigenvalue weighted by molar-refractivity contribution is 0.413. The molecule has 0 amide bonds. The van der Waals surface area contributed by atoms with Crippen molar-refractivity contribution in [2.75, 3.05) is 7.11 Å². The van der Waals surface area contributed by atoms with Gasteiger partial charge in [-0.25, -0.2) is 0 Å². The minimum atomic E-state index is 0.736. The Kier molecular flexibility index (Phi) is 5.43. The molecule has 0 atom stereocenters. The smallest absolute Gasteiger partial charge is 0.135 e. The van der Waals surface area contributed by atoms with Gasteiger partial charge in [-0.05, 0) is 56.3 Å². The molecule has 0 bridgehead atoms. The Morgan fingerprint density at radius 3 is 1.58 bits per heavy atom. The molecule has 0 aromatic heterocycles. The van der Waals surface area contributed by atoms with E-state index in [0.717, 1.165) is 28.0 Å². The number of hydrogen-bond donors (Lipinski definition) is 0. The van der Waals surface area contributed by atoms with Crippen molar-refractivity contribution in [3.05, 3.63) is 100 Å². The van der Waals surface area contributed by atoms with Gasteiger partial charge < -0.3 is 4.74 Å². The van der Waals surface area contributed by atoms with Crippen molar-refractivity contribution >= 4 is 0 Å². The summed E-state index contributed by atoms with van der Waals surface area (Å²) in [5, 5.41) is 0. The fourth-order valence-electron chi connectivity index (χ4n) is 2.43. The second-order valence-corrected chi connectivity index (χ2v) is 6.15. The lowest BCUT2D eigenvalue weighted by Crippen LogP contribution is -1.89. The molecule has 0 spiro atoms. The van der Waals surface area contributed by atoms with Crippen LogP contribution < -0.4 is 4.74 Å². The Labute approximate surface area is 155 Å². The summed E-state index contributed by atoms with van der Waals surface area (Å²) in [7, 11) is 1.66. The number of hydrogen-bond acceptors (Lipinski definition) is 1. The van der Waals surface area contributed by atoms with Crippen LogP contribution in [-0.2, 0) is 0 Å². The molecule has 0 N–H and O–H groups in total. The van der Waals surface area contributed by atoms with Crippen LogP contribution in [0.25, 0.3) is 0 Å². The summed E-state index contributed by atoms with van der Waals surface area (Å²) in [5.41, 5.74) is 6.20. The predicted octanol–water partition coefficient (Wildman–Crippen LogP) is 5.11. The summed E-state index contributed by atoms with van der Waals surface area (Å²) in [4.78, 5) is 0. The highest BCUT2D eigenvalue weighted by atomic mass is 16.5. The number of methoxy groups -OCH3 is 1. The topological polar surface area (TPSA) is 9.23 Å². The predicted molar refractivity (Wildman–Crippen MR) is 107 cm³/mol. The van der Waals surface area contributed by atoms with Crippen molar-refractivity contribution in [3.8, 4) is 29.4 Å². The Hall–Kier alpha value is -3.42. The molecule has 0 aliphatic carbocycles. The summed E-state index contributed by atoms with van der Waals surface area (Å²) in [5.74, 6) is 13.5. The first kappa shape index (κ1) is 17.4. The van der Waals surface area contributed by atoms with Gasteiger partial charge in [-0.15, -0.1) is 0 Å². The molecular weight excluding hydrogens is 316 g/mol. The van der Waals surface area contributed by atoms with E-state index in [4.69, 9.17) is 4.74 Å². The van der Waals surface area contributed by atoms with Gasteiger partial charge in [0, 0.05) is 16.7 Å². The van der Waals surface area contributed by atoms with E-state index in [-0.39, 0.29) is 0 Å². The van der Waals surface area contributed by atoms with E-state index in [1.165, 1.54) is 11.1 Å². The zero-order valence-corrected chi connectivity index (χ0v) is 15.3. The Balaban J connectivity index is 1.84. The largest absolute Gasteiger partial charge is 0.495 e. The molecule has 0 radical (unpaired) electrons. The molecule has 0 aliphatic heterocycles. The van der Waals surface area contributed by atoms with Gasteiger partial charge in [-0.3, -0.25) is 0 Å². The van der Waals surface area contributed by atoms with E-state index < -0.39 is 0 Å².